The van der Waals surface area contributed by atoms with Crippen LogP contribution in [0.25, 0.3) is 0 Å². The summed E-state index contributed by atoms with van der Waals surface area (Å²) in [6.45, 7) is -0.386. The second-order valence-corrected chi connectivity index (χ2v) is 5.52. The summed E-state index contributed by atoms with van der Waals surface area (Å²) in [6.07, 6.45) is 0. The second-order valence-electron chi connectivity index (χ2n) is 5.11. The van der Waals surface area contributed by atoms with Crippen LogP contribution < -0.4 is 10.6 Å². The minimum atomic E-state index is -0.544. The van der Waals surface area contributed by atoms with E-state index in [1.165, 1.54) is 0 Å². The van der Waals surface area contributed by atoms with Crippen molar-refractivity contribution in [2.45, 2.75) is 0 Å². The molecule has 1 aliphatic rings. The second kappa shape index (κ2) is 6.59. The smallest absolute Gasteiger partial charge is 0.262 e. The molecule has 2 aromatic rings. The number of fused-ring (bicyclic) bond motifs is 1. The molecule has 0 fully saturated rings. The van der Waals surface area contributed by atoms with Crippen LogP contribution in [0.1, 0.15) is 20.7 Å². The van der Waals surface area contributed by atoms with Crippen molar-refractivity contribution in [1.82, 2.24) is 10.2 Å². The number of nitrogens with zero attached hydrogens (tertiary/aromatic N) is 1. The number of benzene rings is 2. The first kappa shape index (κ1) is 15.8. The van der Waals surface area contributed by atoms with Gasteiger partial charge in [-0.25, -0.2) is 0 Å². The molecule has 3 rings (SSSR count). The monoisotopic (exact) mass is 339 g/mol. The molecular formula is C17H13N3O3S. The summed E-state index contributed by atoms with van der Waals surface area (Å²) in [5.41, 5.74) is 1.34. The highest BCUT2D eigenvalue weighted by Crippen LogP contribution is 2.21. The van der Waals surface area contributed by atoms with E-state index in [9.17, 15) is 14.4 Å². The first-order valence-corrected chi connectivity index (χ1v) is 7.58. The van der Waals surface area contributed by atoms with Gasteiger partial charge in [-0.05, 0) is 36.5 Å². The van der Waals surface area contributed by atoms with E-state index in [0.29, 0.717) is 11.1 Å². The Kier molecular flexibility index (Phi) is 4.35. The minimum absolute atomic E-state index is 0.0998. The molecule has 0 spiro atoms. The molecule has 0 atom stereocenters. The van der Waals surface area contributed by atoms with Crippen LogP contribution in [-0.4, -0.2) is 34.3 Å². The van der Waals surface area contributed by atoms with Gasteiger partial charge in [0.25, 0.3) is 11.8 Å². The van der Waals surface area contributed by atoms with Crippen molar-refractivity contribution in [2.75, 3.05) is 11.9 Å². The van der Waals surface area contributed by atoms with E-state index in [1.54, 1.807) is 36.4 Å². The van der Waals surface area contributed by atoms with Crippen molar-refractivity contribution in [3.63, 3.8) is 0 Å². The number of hydrogen-bond donors (Lipinski definition) is 2. The van der Waals surface area contributed by atoms with E-state index in [1.807, 2.05) is 18.2 Å². The Morgan fingerprint density at radius 1 is 0.917 bits per heavy atom. The minimum Gasteiger partial charge on any atom is -0.332 e. The summed E-state index contributed by atoms with van der Waals surface area (Å²) in [6, 6.07) is 15.6. The lowest BCUT2D eigenvalue weighted by Gasteiger charge is -2.14. The Morgan fingerprint density at radius 3 is 2.04 bits per heavy atom. The van der Waals surface area contributed by atoms with Crippen molar-refractivity contribution in [3.8, 4) is 0 Å². The summed E-state index contributed by atoms with van der Waals surface area (Å²) < 4.78 is 0. The van der Waals surface area contributed by atoms with Gasteiger partial charge in [-0.15, -0.1) is 0 Å². The van der Waals surface area contributed by atoms with Gasteiger partial charge in [-0.2, -0.15) is 0 Å². The molecule has 1 heterocycles. The van der Waals surface area contributed by atoms with E-state index in [-0.39, 0.29) is 11.7 Å². The Bertz CT molecular complexity index is 801. The molecule has 0 saturated heterocycles. The fourth-order valence-electron chi connectivity index (χ4n) is 2.38. The summed E-state index contributed by atoms with van der Waals surface area (Å²) >= 11 is 5.05. The number of nitrogens with one attached hydrogen (secondary N) is 2. The summed E-state index contributed by atoms with van der Waals surface area (Å²) in [5, 5.41) is 5.41. The molecule has 0 unspecified atom stereocenters. The standard InChI is InChI=1S/C17H13N3O3S/c21-14(19-17(24)18-11-6-2-1-3-7-11)10-20-15(22)12-8-4-5-9-13(12)16(20)23/h1-9H,10H2,(H2,18,19,21,24). The van der Waals surface area contributed by atoms with E-state index < -0.39 is 17.7 Å². The zero-order valence-electron chi connectivity index (χ0n) is 12.5. The van der Waals surface area contributed by atoms with Gasteiger partial charge in [0.15, 0.2) is 5.11 Å². The van der Waals surface area contributed by atoms with Gasteiger partial charge < -0.3 is 10.6 Å². The van der Waals surface area contributed by atoms with Gasteiger partial charge in [0.2, 0.25) is 5.91 Å². The molecule has 0 saturated carbocycles. The number of amides is 3. The quantitative estimate of drug-likeness (QED) is 0.658. The topological polar surface area (TPSA) is 78.5 Å². The highest BCUT2D eigenvalue weighted by Gasteiger charge is 2.36. The fraction of sp³-hybridized carbons (Fsp3) is 0.0588. The summed E-state index contributed by atoms with van der Waals surface area (Å²) in [7, 11) is 0. The van der Waals surface area contributed by atoms with Crippen LogP contribution >= 0.6 is 12.2 Å². The van der Waals surface area contributed by atoms with Gasteiger partial charge in [0.1, 0.15) is 6.54 Å². The third kappa shape index (κ3) is 3.16. The van der Waals surface area contributed by atoms with Crippen LogP contribution in [-0.2, 0) is 4.79 Å². The molecule has 2 aromatic carbocycles. The van der Waals surface area contributed by atoms with Crippen molar-refractivity contribution in [2.24, 2.45) is 0 Å². The van der Waals surface area contributed by atoms with Crippen molar-refractivity contribution in [1.29, 1.82) is 0 Å². The summed E-state index contributed by atoms with van der Waals surface area (Å²) in [5.74, 6) is -1.50. The Labute approximate surface area is 143 Å². The molecule has 7 heteroatoms. The molecule has 2 N–H and O–H groups in total. The maximum atomic E-state index is 12.2. The Hall–Kier alpha value is -3.06. The van der Waals surface area contributed by atoms with Gasteiger partial charge in [0.05, 0.1) is 11.1 Å². The number of carbonyl (C=O) groups excluding carboxylic acids is 3. The number of rotatable bonds is 3. The predicted molar refractivity (Wildman–Crippen MR) is 92.6 cm³/mol. The van der Waals surface area contributed by atoms with Crippen LogP contribution in [0.3, 0.4) is 0 Å². The third-order valence-electron chi connectivity index (χ3n) is 3.46. The average molecular weight is 339 g/mol. The molecule has 0 aromatic heterocycles. The first-order chi connectivity index (χ1) is 11.6. The normalized spacial score (nSPS) is 12.8. The van der Waals surface area contributed by atoms with Gasteiger partial charge in [0, 0.05) is 5.69 Å². The molecule has 1 aliphatic heterocycles. The molecule has 0 aliphatic carbocycles. The molecule has 3 amide bonds. The van der Waals surface area contributed by atoms with Gasteiger partial charge in [-0.3, -0.25) is 19.3 Å². The lowest BCUT2D eigenvalue weighted by Crippen LogP contribution is -2.43. The Morgan fingerprint density at radius 2 is 1.46 bits per heavy atom. The highest BCUT2D eigenvalue weighted by atomic mass is 32.1. The Balaban J connectivity index is 1.61. The largest absolute Gasteiger partial charge is 0.332 e. The van der Waals surface area contributed by atoms with E-state index >= 15 is 0 Å². The van der Waals surface area contributed by atoms with Crippen LogP contribution in [0.15, 0.2) is 54.6 Å². The molecule has 6 nitrogen and oxygen atoms in total. The molecule has 0 bridgehead atoms. The predicted octanol–water partition coefficient (Wildman–Crippen LogP) is 1.80. The lowest BCUT2D eigenvalue weighted by molar-refractivity contribution is -0.119. The van der Waals surface area contributed by atoms with E-state index in [2.05, 4.69) is 10.6 Å². The van der Waals surface area contributed by atoms with Crippen LogP contribution in [0.5, 0.6) is 0 Å². The zero-order chi connectivity index (χ0) is 17.1. The zero-order valence-corrected chi connectivity index (χ0v) is 13.3. The van der Waals surface area contributed by atoms with Gasteiger partial charge >= 0.3 is 0 Å². The maximum absolute atomic E-state index is 12.2. The van der Waals surface area contributed by atoms with Crippen LogP contribution in [0.4, 0.5) is 5.69 Å². The molecule has 120 valence electrons. The molecular weight excluding hydrogens is 326 g/mol. The van der Waals surface area contributed by atoms with Crippen molar-refractivity contribution >= 4 is 40.7 Å². The first-order valence-electron chi connectivity index (χ1n) is 7.17. The molecule has 0 radical (unpaired) electrons. The fourth-order valence-corrected chi connectivity index (χ4v) is 2.61. The number of para-hydroxylation sites is 1. The maximum Gasteiger partial charge on any atom is 0.262 e. The summed E-state index contributed by atoms with van der Waals surface area (Å²) in [4.78, 5) is 37.4. The highest BCUT2D eigenvalue weighted by molar-refractivity contribution is 7.80. The SMILES string of the molecule is O=C(CN1C(=O)c2ccccc2C1=O)NC(=S)Nc1ccccc1. The van der Waals surface area contributed by atoms with E-state index in [4.69, 9.17) is 12.2 Å². The number of carbonyl (C=O) groups is 3. The molecule has 24 heavy (non-hydrogen) atoms. The lowest BCUT2D eigenvalue weighted by atomic mass is 10.1. The van der Waals surface area contributed by atoms with Crippen molar-refractivity contribution < 1.29 is 14.4 Å². The number of hydrogen-bond acceptors (Lipinski definition) is 4. The number of anilines is 1. The van der Waals surface area contributed by atoms with Crippen LogP contribution in [0, 0.1) is 0 Å². The number of imide groups is 1. The van der Waals surface area contributed by atoms with E-state index in [0.717, 1.165) is 10.6 Å². The van der Waals surface area contributed by atoms with Gasteiger partial charge in [-0.1, -0.05) is 30.3 Å². The van der Waals surface area contributed by atoms with Crippen molar-refractivity contribution in [3.05, 3.63) is 65.7 Å². The average Bonchev–Trinajstić information content (AvgIpc) is 2.81. The number of thiocarbonyl (C=S) groups is 1. The van der Waals surface area contributed by atoms with Crippen LogP contribution in [0.2, 0.25) is 0 Å². The third-order valence-corrected chi connectivity index (χ3v) is 3.67.